The first-order valence-electron chi connectivity index (χ1n) is 9.30. The molecule has 0 N–H and O–H groups in total. The SMILES string of the molecule is [C-]#[N+]c1cc(CC(C)C)cc2oc3cc(C)c(-c4cccc[n+]4C)cc3c12. The van der Waals surface area contributed by atoms with E-state index in [0.29, 0.717) is 11.6 Å². The number of pyridine rings is 1. The molecule has 0 fully saturated rings. The van der Waals surface area contributed by atoms with Gasteiger partial charge in [0.1, 0.15) is 18.2 Å². The van der Waals surface area contributed by atoms with E-state index in [1.165, 1.54) is 0 Å². The highest BCUT2D eigenvalue weighted by Gasteiger charge is 2.18. The first-order valence-corrected chi connectivity index (χ1v) is 9.30. The third kappa shape index (κ3) is 2.98. The second kappa shape index (κ2) is 6.55. The second-order valence-electron chi connectivity index (χ2n) is 7.66. The van der Waals surface area contributed by atoms with Gasteiger partial charge >= 0.3 is 0 Å². The van der Waals surface area contributed by atoms with Crippen LogP contribution in [0.3, 0.4) is 0 Å². The molecule has 0 radical (unpaired) electrons. The number of nitrogens with zero attached hydrogens (tertiary/aromatic N) is 2. The van der Waals surface area contributed by atoms with Gasteiger partial charge in [0.25, 0.3) is 0 Å². The summed E-state index contributed by atoms with van der Waals surface area (Å²) >= 11 is 0. The van der Waals surface area contributed by atoms with E-state index in [0.717, 1.165) is 50.7 Å². The van der Waals surface area contributed by atoms with E-state index in [-0.39, 0.29) is 0 Å². The molecule has 27 heavy (non-hydrogen) atoms. The molecule has 0 atom stereocenters. The average molecular weight is 355 g/mol. The zero-order valence-electron chi connectivity index (χ0n) is 16.2. The van der Waals surface area contributed by atoms with Crippen molar-refractivity contribution in [2.24, 2.45) is 13.0 Å². The molecule has 0 saturated carbocycles. The van der Waals surface area contributed by atoms with Crippen molar-refractivity contribution >= 4 is 27.6 Å². The largest absolute Gasteiger partial charge is 0.457 e. The van der Waals surface area contributed by atoms with Gasteiger partial charge in [0, 0.05) is 28.5 Å². The van der Waals surface area contributed by atoms with Gasteiger partial charge in [-0.05, 0) is 49.1 Å². The summed E-state index contributed by atoms with van der Waals surface area (Å²) in [6.07, 6.45) is 2.99. The van der Waals surface area contributed by atoms with Crippen molar-refractivity contribution in [1.82, 2.24) is 0 Å². The molecule has 0 aliphatic carbocycles. The molecule has 0 unspecified atom stereocenters. The molecule has 2 aromatic heterocycles. The minimum absolute atomic E-state index is 0.539. The molecule has 0 bridgehead atoms. The molecule has 3 heteroatoms. The number of hydrogen-bond acceptors (Lipinski definition) is 1. The van der Waals surface area contributed by atoms with E-state index in [2.05, 4.69) is 73.8 Å². The summed E-state index contributed by atoms with van der Waals surface area (Å²) in [4.78, 5) is 3.82. The van der Waals surface area contributed by atoms with Crippen LogP contribution in [0.15, 0.2) is 53.1 Å². The van der Waals surface area contributed by atoms with Crippen LogP contribution in [0.25, 0.3) is 38.0 Å². The van der Waals surface area contributed by atoms with Crippen molar-refractivity contribution < 1.29 is 8.98 Å². The fraction of sp³-hybridized carbons (Fsp3) is 0.250. The summed E-state index contributed by atoms with van der Waals surface area (Å²) in [7, 11) is 2.05. The topological polar surface area (TPSA) is 21.4 Å². The number of benzene rings is 2. The number of hydrogen-bond donors (Lipinski definition) is 0. The summed E-state index contributed by atoms with van der Waals surface area (Å²) in [6, 6.07) is 14.6. The Balaban J connectivity index is 2.02. The van der Waals surface area contributed by atoms with Gasteiger partial charge in [0.05, 0.1) is 6.57 Å². The molecule has 3 nitrogen and oxygen atoms in total. The van der Waals surface area contributed by atoms with Crippen LogP contribution in [-0.4, -0.2) is 0 Å². The van der Waals surface area contributed by atoms with E-state index in [1.807, 2.05) is 12.1 Å². The molecule has 0 amide bonds. The standard InChI is InChI=1S/C24H23N2O/c1-15(2)10-17-12-20(25-4)24-19-14-18(21-8-6-7-9-26(21)5)16(3)11-22(19)27-23(24)13-17/h6-9,11-15H,10H2,1-3,5H3/q+1. The van der Waals surface area contributed by atoms with Crippen LogP contribution in [0, 0.1) is 19.4 Å². The molecule has 4 rings (SSSR count). The van der Waals surface area contributed by atoms with Gasteiger partial charge in [0.2, 0.25) is 5.69 Å². The Labute approximate surface area is 159 Å². The van der Waals surface area contributed by atoms with Gasteiger partial charge in [-0.25, -0.2) is 9.41 Å². The Hall–Kier alpha value is -3.12. The molecular weight excluding hydrogens is 332 g/mol. The van der Waals surface area contributed by atoms with Crippen molar-refractivity contribution in [3.8, 4) is 11.3 Å². The molecule has 0 spiro atoms. The zero-order chi connectivity index (χ0) is 19.1. The number of aromatic nitrogens is 1. The van der Waals surface area contributed by atoms with Gasteiger partial charge in [-0.1, -0.05) is 25.5 Å². The predicted octanol–water partition coefficient (Wildman–Crippen LogP) is 6.14. The Kier molecular flexibility index (Phi) is 4.20. The molecule has 0 aliphatic rings. The lowest BCUT2D eigenvalue weighted by Crippen LogP contribution is -2.30. The van der Waals surface area contributed by atoms with Crippen LogP contribution in [0.1, 0.15) is 25.0 Å². The Morgan fingerprint density at radius 3 is 2.63 bits per heavy atom. The lowest BCUT2D eigenvalue weighted by molar-refractivity contribution is -0.660. The highest BCUT2D eigenvalue weighted by atomic mass is 16.3. The molecular formula is C24H23N2O+. The Bertz CT molecular complexity index is 1210. The average Bonchev–Trinajstić information content (AvgIpc) is 2.97. The van der Waals surface area contributed by atoms with Crippen LogP contribution < -0.4 is 4.57 Å². The highest BCUT2D eigenvalue weighted by Crippen LogP contribution is 2.39. The first kappa shape index (κ1) is 17.3. The van der Waals surface area contributed by atoms with E-state index in [9.17, 15) is 0 Å². The summed E-state index contributed by atoms with van der Waals surface area (Å²) < 4.78 is 8.29. The molecule has 134 valence electrons. The normalized spacial score (nSPS) is 11.4. The van der Waals surface area contributed by atoms with Crippen molar-refractivity contribution in [2.45, 2.75) is 27.2 Å². The number of aryl methyl sites for hydroxylation is 2. The summed E-state index contributed by atoms with van der Waals surface area (Å²) in [5.41, 5.74) is 6.96. The van der Waals surface area contributed by atoms with Crippen LogP contribution >= 0.6 is 0 Å². The predicted molar refractivity (Wildman–Crippen MR) is 110 cm³/mol. The quantitative estimate of drug-likeness (QED) is 0.320. The maximum atomic E-state index is 7.69. The summed E-state index contributed by atoms with van der Waals surface area (Å²) in [5, 5.41) is 1.93. The van der Waals surface area contributed by atoms with Gasteiger partial charge in [-0.15, -0.1) is 0 Å². The number of rotatable bonds is 3. The second-order valence-corrected chi connectivity index (χ2v) is 7.66. The molecule has 2 aromatic carbocycles. The van der Waals surface area contributed by atoms with Crippen molar-refractivity contribution in [3.63, 3.8) is 0 Å². The lowest BCUT2D eigenvalue weighted by atomic mass is 9.98. The van der Waals surface area contributed by atoms with Crippen LogP contribution in [-0.2, 0) is 13.5 Å². The number of furan rings is 1. The van der Waals surface area contributed by atoms with Crippen LogP contribution in [0.2, 0.25) is 0 Å². The van der Waals surface area contributed by atoms with Crippen LogP contribution in [0.5, 0.6) is 0 Å². The van der Waals surface area contributed by atoms with Crippen LogP contribution in [0.4, 0.5) is 5.69 Å². The van der Waals surface area contributed by atoms with E-state index >= 15 is 0 Å². The highest BCUT2D eigenvalue weighted by molar-refractivity contribution is 6.13. The summed E-state index contributed by atoms with van der Waals surface area (Å²) in [5.74, 6) is 0.539. The molecule has 2 heterocycles. The number of fused-ring (bicyclic) bond motifs is 3. The van der Waals surface area contributed by atoms with E-state index in [1.54, 1.807) is 0 Å². The van der Waals surface area contributed by atoms with Crippen molar-refractivity contribution in [2.75, 3.05) is 0 Å². The summed E-state index contributed by atoms with van der Waals surface area (Å²) in [6.45, 7) is 14.2. The minimum atomic E-state index is 0.539. The third-order valence-corrected chi connectivity index (χ3v) is 5.05. The van der Waals surface area contributed by atoms with Gasteiger partial charge in [-0.2, -0.15) is 0 Å². The Morgan fingerprint density at radius 2 is 1.93 bits per heavy atom. The van der Waals surface area contributed by atoms with E-state index < -0.39 is 0 Å². The van der Waals surface area contributed by atoms with Crippen molar-refractivity contribution in [1.29, 1.82) is 0 Å². The van der Waals surface area contributed by atoms with Gasteiger partial charge < -0.3 is 4.42 Å². The van der Waals surface area contributed by atoms with Crippen molar-refractivity contribution in [3.05, 3.63) is 71.2 Å². The Morgan fingerprint density at radius 1 is 1.11 bits per heavy atom. The molecule has 0 saturated heterocycles. The van der Waals surface area contributed by atoms with E-state index in [4.69, 9.17) is 11.0 Å². The van der Waals surface area contributed by atoms with Gasteiger partial charge in [0.15, 0.2) is 11.9 Å². The monoisotopic (exact) mass is 355 g/mol. The molecule has 4 aromatic rings. The fourth-order valence-corrected chi connectivity index (χ4v) is 3.84. The maximum Gasteiger partial charge on any atom is 0.212 e. The lowest BCUT2D eigenvalue weighted by Gasteiger charge is -2.06. The fourth-order valence-electron chi connectivity index (χ4n) is 3.84. The maximum absolute atomic E-state index is 7.69. The zero-order valence-corrected chi connectivity index (χ0v) is 16.2. The first-order chi connectivity index (χ1) is 13.0. The third-order valence-electron chi connectivity index (χ3n) is 5.05. The van der Waals surface area contributed by atoms with Gasteiger partial charge in [-0.3, -0.25) is 0 Å². The molecule has 0 aliphatic heterocycles. The smallest absolute Gasteiger partial charge is 0.212 e. The minimum Gasteiger partial charge on any atom is -0.457 e.